The molecule has 1 aromatic carbocycles. The molecular weight excluding hydrogens is 414 g/mol. The van der Waals surface area contributed by atoms with Crippen LogP contribution in [0.4, 0.5) is 32.6 Å². The first-order valence-electron chi connectivity index (χ1n) is 6.51. The van der Waals surface area contributed by atoms with Crippen LogP contribution in [0.5, 0.6) is 0 Å². The Labute approximate surface area is 145 Å². The van der Waals surface area contributed by atoms with Gasteiger partial charge in [-0.15, -0.1) is 5.10 Å². The van der Waals surface area contributed by atoms with Crippen LogP contribution < -0.4 is 11.3 Å². The maximum atomic E-state index is 13.0. The number of nitrogens with one attached hydrogen (secondary N) is 1. The Hall–Kier alpha value is -2.68. The van der Waals surface area contributed by atoms with Crippen molar-refractivity contribution in [3.05, 3.63) is 36.7 Å². The summed E-state index contributed by atoms with van der Waals surface area (Å²) in [4.78, 5) is 12.0. The van der Waals surface area contributed by atoms with Crippen molar-refractivity contribution in [2.24, 2.45) is 5.84 Å². The first kappa shape index (κ1) is 20.6. The molecule has 0 saturated heterocycles. The molecule has 15 heteroatoms. The number of benzene rings is 1. The number of carbonyl (C=O) groups excluding carboxylic acids is 1. The number of hydrogen-bond donors (Lipinski definition) is 2. The topological polar surface area (TPSA) is 85.8 Å². The third kappa shape index (κ3) is 4.54. The van der Waals surface area contributed by atoms with Crippen LogP contribution in [0.3, 0.4) is 0 Å². The van der Waals surface area contributed by atoms with E-state index >= 15 is 0 Å². The number of amides is 1. The predicted molar refractivity (Wildman–Crippen MR) is 79.5 cm³/mol. The lowest BCUT2D eigenvalue weighted by molar-refractivity contribution is -0.137. The van der Waals surface area contributed by atoms with Crippen LogP contribution in [0.15, 0.2) is 36.0 Å². The fraction of sp³-hybridized carbons (Fsp3) is 0.0833. The molecule has 2 rings (SSSR count). The maximum Gasteiger partial charge on any atom is 0.416 e. The van der Waals surface area contributed by atoms with E-state index in [1.54, 1.807) is 5.43 Å². The van der Waals surface area contributed by atoms with Crippen molar-refractivity contribution < 1.29 is 37.4 Å². The molecule has 1 amide bonds. The lowest BCUT2D eigenvalue weighted by atomic mass is 10.1. The van der Waals surface area contributed by atoms with Crippen molar-refractivity contribution >= 4 is 21.8 Å². The Morgan fingerprint density at radius 1 is 1.15 bits per heavy atom. The van der Waals surface area contributed by atoms with Gasteiger partial charge in [0.05, 0.1) is 5.56 Å². The maximum absolute atomic E-state index is 13.0. The first-order valence-corrected chi connectivity index (χ1v) is 8.46. The average molecular weight is 423 g/mol. The van der Waals surface area contributed by atoms with E-state index in [9.17, 15) is 37.4 Å². The molecule has 0 radical (unpaired) electrons. The summed E-state index contributed by atoms with van der Waals surface area (Å²) in [5.41, 5.74) is -1.78. The largest absolute Gasteiger partial charge is 0.416 e. The van der Waals surface area contributed by atoms with Gasteiger partial charge in [-0.3, -0.25) is 10.2 Å². The van der Waals surface area contributed by atoms with Crippen LogP contribution in [0.1, 0.15) is 5.56 Å². The van der Waals surface area contributed by atoms with Gasteiger partial charge in [0, 0.05) is 5.56 Å². The van der Waals surface area contributed by atoms with E-state index in [4.69, 9.17) is 5.84 Å². The van der Waals surface area contributed by atoms with E-state index in [1.807, 2.05) is 0 Å². The second-order valence-electron chi connectivity index (χ2n) is 5.15. The van der Waals surface area contributed by atoms with Crippen molar-refractivity contribution in [3.63, 3.8) is 0 Å². The molecule has 0 bridgehead atoms. The van der Waals surface area contributed by atoms with Gasteiger partial charge in [0.25, 0.3) is 5.91 Å². The number of halogens is 8. The standard InChI is InChI=1S/C12H9F8N5OS/c1-6(11(26)23-21)25-5-22-10(24-25)7-2-8(12(13,14)15)4-9(3-7)27(16,17,18,19)20/h2-5H,1,21H2,(H,23,26). The monoisotopic (exact) mass is 423 g/mol. The molecule has 150 valence electrons. The van der Waals surface area contributed by atoms with Crippen LogP contribution in [0.2, 0.25) is 0 Å². The minimum atomic E-state index is -10.4. The van der Waals surface area contributed by atoms with Crippen molar-refractivity contribution in [2.45, 2.75) is 11.1 Å². The molecule has 0 spiro atoms. The SMILES string of the molecule is C=C(C(=O)NN)n1cnc(-c2cc(C(F)(F)F)cc(S(F)(F)(F)(F)F)c2)n1. The molecule has 0 fully saturated rings. The highest BCUT2D eigenvalue weighted by molar-refractivity contribution is 8.45. The zero-order chi connectivity index (χ0) is 20.9. The van der Waals surface area contributed by atoms with Gasteiger partial charge in [-0.25, -0.2) is 15.5 Å². The lowest BCUT2D eigenvalue weighted by Crippen LogP contribution is -2.32. The number of carbonyl (C=O) groups is 1. The molecule has 0 aliphatic carbocycles. The van der Waals surface area contributed by atoms with Gasteiger partial charge in [-0.05, 0) is 18.2 Å². The minimum Gasteiger partial charge on any atom is -0.289 e. The number of alkyl halides is 3. The molecule has 3 N–H and O–H groups in total. The summed E-state index contributed by atoms with van der Waals surface area (Å²) in [5.74, 6) is 3.08. The molecule has 1 aromatic heterocycles. The van der Waals surface area contributed by atoms with Gasteiger partial charge in [0.2, 0.25) is 0 Å². The molecule has 0 saturated carbocycles. The van der Waals surface area contributed by atoms with Crippen molar-refractivity contribution in [1.29, 1.82) is 0 Å². The van der Waals surface area contributed by atoms with Crippen molar-refractivity contribution in [2.75, 3.05) is 0 Å². The van der Waals surface area contributed by atoms with E-state index < -0.39 is 55.9 Å². The summed E-state index contributed by atoms with van der Waals surface area (Å²) >= 11 is 0. The number of aromatic nitrogens is 3. The van der Waals surface area contributed by atoms with E-state index in [1.165, 1.54) is 0 Å². The van der Waals surface area contributed by atoms with Crippen molar-refractivity contribution in [1.82, 2.24) is 20.2 Å². The highest BCUT2D eigenvalue weighted by Gasteiger charge is 2.66. The average Bonchev–Trinajstić information content (AvgIpc) is 2.99. The fourth-order valence-electron chi connectivity index (χ4n) is 1.83. The van der Waals surface area contributed by atoms with Crippen LogP contribution in [0.25, 0.3) is 17.1 Å². The molecule has 0 aliphatic heterocycles. The summed E-state index contributed by atoms with van der Waals surface area (Å²) in [6, 6.07) is -0.733. The second kappa shape index (κ2) is 5.41. The third-order valence-corrected chi connectivity index (χ3v) is 4.23. The van der Waals surface area contributed by atoms with Gasteiger partial charge in [0.1, 0.15) is 16.9 Å². The highest BCUT2D eigenvalue weighted by atomic mass is 32.5. The summed E-state index contributed by atoms with van der Waals surface area (Å²) in [5, 5.41) is 3.46. The zero-order valence-electron chi connectivity index (χ0n) is 12.8. The van der Waals surface area contributed by atoms with E-state index in [2.05, 4.69) is 16.7 Å². The predicted octanol–water partition coefficient (Wildman–Crippen LogP) is 4.08. The Kier molecular flexibility index (Phi) is 4.14. The van der Waals surface area contributed by atoms with Crippen LogP contribution in [0, 0.1) is 0 Å². The quantitative estimate of drug-likeness (QED) is 0.255. The molecule has 1 heterocycles. The Morgan fingerprint density at radius 3 is 2.22 bits per heavy atom. The summed E-state index contributed by atoms with van der Waals surface area (Å²) in [7, 11) is -10.4. The second-order valence-corrected chi connectivity index (χ2v) is 7.56. The van der Waals surface area contributed by atoms with E-state index in [0.717, 1.165) is 6.33 Å². The molecule has 0 atom stereocenters. The van der Waals surface area contributed by atoms with Gasteiger partial charge < -0.3 is 0 Å². The molecule has 6 nitrogen and oxygen atoms in total. The van der Waals surface area contributed by atoms with Crippen LogP contribution in [-0.2, 0) is 11.0 Å². The molecule has 0 aliphatic rings. The summed E-state index contributed by atoms with van der Waals surface area (Å²) in [6.07, 6.45) is -4.62. The van der Waals surface area contributed by atoms with Gasteiger partial charge >= 0.3 is 16.4 Å². The van der Waals surface area contributed by atoms with Gasteiger partial charge in [-0.1, -0.05) is 26.0 Å². The number of hydrazine groups is 1. The van der Waals surface area contributed by atoms with E-state index in [-0.39, 0.29) is 12.1 Å². The molecule has 2 aromatic rings. The zero-order valence-corrected chi connectivity index (χ0v) is 13.6. The molecular formula is C12H9F8N5OS. The minimum absolute atomic E-state index is 0.165. The highest BCUT2D eigenvalue weighted by Crippen LogP contribution is 3.02. The number of nitrogens with zero attached hydrogens (tertiary/aromatic N) is 3. The van der Waals surface area contributed by atoms with Gasteiger partial charge in [0.15, 0.2) is 5.82 Å². The lowest BCUT2D eigenvalue weighted by Gasteiger charge is -2.40. The number of rotatable bonds is 4. The van der Waals surface area contributed by atoms with E-state index in [0.29, 0.717) is 4.68 Å². The normalized spacial score (nSPS) is 15.0. The smallest absolute Gasteiger partial charge is 0.289 e. The number of nitrogens with two attached hydrogens (primary N) is 1. The summed E-state index contributed by atoms with van der Waals surface area (Å²) < 4.78 is 104. The van der Waals surface area contributed by atoms with Gasteiger partial charge in [-0.2, -0.15) is 13.2 Å². The Bertz CT molecular complexity index is 934. The van der Waals surface area contributed by atoms with Crippen molar-refractivity contribution in [3.8, 4) is 11.4 Å². The Morgan fingerprint density at radius 2 is 1.74 bits per heavy atom. The molecule has 0 unspecified atom stereocenters. The Balaban J connectivity index is 2.67. The third-order valence-electron chi connectivity index (χ3n) is 3.10. The fourth-order valence-corrected chi connectivity index (χ4v) is 2.53. The van der Waals surface area contributed by atoms with Crippen LogP contribution >= 0.6 is 10.2 Å². The number of hydrogen-bond acceptors (Lipinski definition) is 4. The summed E-state index contributed by atoms with van der Waals surface area (Å²) in [6.45, 7) is 3.23. The first-order chi connectivity index (χ1) is 11.9. The molecule has 27 heavy (non-hydrogen) atoms. The van der Waals surface area contributed by atoms with Crippen LogP contribution in [-0.4, -0.2) is 20.7 Å².